The molecule has 1 aromatic carbocycles. The van der Waals surface area contributed by atoms with Crippen LogP contribution in [0.15, 0.2) is 18.2 Å². The third-order valence-electron chi connectivity index (χ3n) is 7.31. The first-order valence-electron chi connectivity index (χ1n) is 13.9. The van der Waals surface area contributed by atoms with Gasteiger partial charge < -0.3 is 4.74 Å². The average Bonchev–Trinajstić information content (AvgIpc) is 2.88. The Morgan fingerprint density at radius 2 is 1.69 bits per heavy atom. The van der Waals surface area contributed by atoms with Gasteiger partial charge in [0.05, 0.1) is 11.1 Å². The van der Waals surface area contributed by atoms with Crippen molar-refractivity contribution < 1.29 is 17.9 Å². The van der Waals surface area contributed by atoms with E-state index in [0.717, 1.165) is 44.1 Å². The number of alkyl halides is 1. The summed E-state index contributed by atoms with van der Waals surface area (Å²) in [5.74, 6) is -2.25. The second-order valence-corrected chi connectivity index (χ2v) is 10.9. The van der Waals surface area contributed by atoms with Crippen molar-refractivity contribution in [3.63, 3.8) is 0 Å². The molecule has 2 atom stereocenters. The lowest BCUT2D eigenvalue weighted by atomic mass is 9.80. The fourth-order valence-electron chi connectivity index (χ4n) is 5.10. The Morgan fingerprint density at radius 1 is 0.972 bits per heavy atom. The predicted octanol–water partition coefficient (Wildman–Crippen LogP) is 9.59. The maximum atomic E-state index is 15.1. The average molecular weight is 524 g/mol. The molecule has 0 radical (unpaired) electrons. The van der Waals surface area contributed by atoms with E-state index < -0.39 is 17.6 Å². The van der Waals surface area contributed by atoms with E-state index in [1.165, 1.54) is 50.7 Å². The van der Waals surface area contributed by atoms with E-state index in [2.05, 4.69) is 18.8 Å². The van der Waals surface area contributed by atoms with Crippen molar-refractivity contribution in [2.75, 3.05) is 6.61 Å². The number of benzene rings is 1. The first kappa shape index (κ1) is 28.8. The maximum Gasteiger partial charge on any atom is 0.255 e. The zero-order chi connectivity index (χ0) is 25.9. The molecule has 0 N–H and O–H groups in total. The van der Waals surface area contributed by atoms with Gasteiger partial charge in [-0.25, -0.2) is 13.8 Å². The standard InChI is InChI=1S/C30H41ClF3NO/c1-3-5-7-8-9-10-11-12-21-14-15-22-19-25(29(33)28(32)24(22)18-21)26-16-17-27(30(34)35-26)36-20-23(31)13-6-4-2/h16-17,19,21,23H,3-15,18,20H2,1-2H3. The molecule has 3 rings (SSSR count). The van der Waals surface area contributed by atoms with Crippen LogP contribution >= 0.6 is 11.6 Å². The summed E-state index contributed by atoms with van der Waals surface area (Å²) in [5, 5.41) is -0.217. The van der Waals surface area contributed by atoms with Crippen LogP contribution in [0, 0.1) is 23.5 Å². The number of ether oxygens (including phenoxy) is 1. The van der Waals surface area contributed by atoms with Crippen molar-refractivity contribution in [1.29, 1.82) is 0 Å². The molecule has 0 spiro atoms. The Kier molecular flexibility index (Phi) is 11.9. The number of aromatic nitrogens is 1. The monoisotopic (exact) mass is 523 g/mol. The van der Waals surface area contributed by atoms with E-state index in [9.17, 15) is 4.39 Å². The van der Waals surface area contributed by atoms with Gasteiger partial charge in [-0.1, -0.05) is 78.1 Å². The van der Waals surface area contributed by atoms with Gasteiger partial charge >= 0.3 is 0 Å². The molecule has 0 amide bonds. The predicted molar refractivity (Wildman–Crippen MR) is 142 cm³/mol. The van der Waals surface area contributed by atoms with Gasteiger partial charge in [-0.05, 0) is 60.9 Å². The molecule has 0 saturated heterocycles. The SMILES string of the molecule is CCCCCCCCCC1CCc2cc(-c3ccc(OCC(Cl)CCCC)c(F)n3)c(F)c(F)c2C1. The van der Waals surface area contributed by atoms with Gasteiger partial charge in [0.15, 0.2) is 17.4 Å². The topological polar surface area (TPSA) is 22.1 Å². The van der Waals surface area contributed by atoms with Gasteiger partial charge in [-0.2, -0.15) is 4.39 Å². The fourth-order valence-corrected chi connectivity index (χ4v) is 5.32. The molecular weight excluding hydrogens is 483 g/mol. The molecular formula is C30H41ClF3NO. The Balaban J connectivity index is 1.61. The highest BCUT2D eigenvalue weighted by Gasteiger charge is 2.26. The highest BCUT2D eigenvalue weighted by Crippen LogP contribution is 2.36. The number of hydrogen-bond donors (Lipinski definition) is 0. The van der Waals surface area contributed by atoms with Crippen LogP contribution in [0.1, 0.15) is 102 Å². The van der Waals surface area contributed by atoms with Crippen LogP contribution in [-0.2, 0) is 12.8 Å². The summed E-state index contributed by atoms with van der Waals surface area (Å²) in [6.07, 6.45) is 14.9. The molecule has 0 aliphatic heterocycles. The van der Waals surface area contributed by atoms with Gasteiger partial charge in [0.2, 0.25) is 0 Å². The van der Waals surface area contributed by atoms with Crippen LogP contribution in [0.4, 0.5) is 13.2 Å². The van der Waals surface area contributed by atoms with E-state index in [1.54, 1.807) is 6.07 Å². The number of pyridine rings is 1. The lowest BCUT2D eigenvalue weighted by Gasteiger charge is -2.26. The van der Waals surface area contributed by atoms with Crippen LogP contribution in [-0.4, -0.2) is 17.0 Å². The Hall–Kier alpha value is -1.75. The van der Waals surface area contributed by atoms with Crippen LogP contribution in [0.25, 0.3) is 11.3 Å². The number of nitrogens with zero attached hydrogens (tertiary/aromatic N) is 1. The van der Waals surface area contributed by atoms with Gasteiger partial charge in [0.25, 0.3) is 5.95 Å². The van der Waals surface area contributed by atoms with Gasteiger partial charge in [0.1, 0.15) is 6.61 Å². The summed E-state index contributed by atoms with van der Waals surface area (Å²) >= 11 is 6.20. The number of aryl methyl sites for hydroxylation is 1. The molecule has 6 heteroatoms. The molecule has 2 nitrogen and oxygen atoms in total. The zero-order valence-corrected chi connectivity index (χ0v) is 22.6. The highest BCUT2D eigenvalue weighted by atomic mass is 35.5. The second kappa shape index (κ2) is 14.9. The van der Waals surface area contributed by atoms with Crippen molar-refractivity contribution in [1.82, 2.24) is 4.98 Å². The number of rotatable bonds is 15. The number of unbranched alkanes of at least 4 members (excludes halogenated alkanes) is 7. The molecule has 1 heterocycles. The van der Waals surface area contributed by atoms with Gasteiger partial charge in [-0.3, -0.25) is 0 Å². The van der Waals surface area contributed by atoms with Crippen LogP contribution in [0.2, 0.25) is 0 Å². The zero-order valence-electron chi connectivity index (χ0n) is 21.9. The summed E-state index contributed by atoms with van der Waals surface area (Å²) in [6, 6.07) is 4.54. The van der Waals surface area contributed by atoms with E-state index in [1.807, 2.05) is 0 Å². The summed E-state index contributed by atoms with van der Waals surface area (Å²) in [5.41, 5.74) is 1.36. The molecule has 2 aromatic rings. The quantitative estimate of drug-likeness (QED) is 0.132. The van der Waals surface area contributed by atoms with Crippen LogP contribution in [0.3, 0.4) is 0 Å². The minimum atomic E-state index is -0.953. The first-order chi connectivity index (χ1) is 17.4. The molecule has 0 saturated carbocycles. The minimum absolute atomic E-state index is 0.000366. The molecule has 0 bridgehead atoms. The molecule has 36 heavy (non-hydrogen) atoms. The van der Waals surface area contributed by atoms with Gasteiger partial charge in [0, 0.05) is 5.56 Å². The summed E-state index contributed by atoms with van der Waals surface area (Å²) in [4.78, 5) is 3.88. The smallest absolute Gasteiger partial charge is 0.255 e. The minimum Gasteiger partial charge on any atom is -0.487 e. The third kappa shape index (κ3) is 8.13. The Bertz CT molecular complexity index is 968. The molecule has 2 unspecified atom stereocenters. The van der Waals surface area contributed by atoms with Crippen molar-refractivity contribution >= 4 is 11.6 Å². The van der Waals surface area contributed by atoms with Crippen LogP contribution in [0.5, 0.6) is 5.75 Å². The molecule has 1 aromatic heterocycles. The first-order valence-corrected chi connectivity index (χ1v) is 14.3. The number of hydrogen-bond acceptors (Lipinski definition) is 2. The Morgan fingerprint density at radius 3 is 2.42 bits per heavy atom. The Labute approximate surface area is 220 Å². The summed E-state index contributed by atoms with van der Waals surface area (Å²) in [6.45, 7) is 4.46. The van der Waals surface area contributed by atoms with E-state index in [-0.39, 0.29) is 29.0 Å². The number of fused-ring (bicyclic) bond motifs is 1. The van der Waals surface area contributed by atoms with Crippen molar-refractivity contribution in [2.24, 2.45) is 5.92 Å². The molecule has 0 fully saturated rings. The van der Waals surface area contributed by atoms with Crippen LogP contribution < -0.4 is 4.74 Å². The molecule has 1 aliphatic carbocycles. The molecule has 200 valence electrons. The summed E-state index contributed by atoms with van der Waals surface area (Å²) < 4.78 is 50.3. The lowest BCUT2D eigenvalue weighted by Crippen LogP contribution is -2.17. The van der Waals surface area contributed by atoms with Crippen molar-refractivity contribution in [3.8, 4) is 17.0 Å². The normalized spacial score (nSPS) is 16.1. The highest BCUT2D eigenvalue weighted by molar-refractivity contribution is 6.20. The maximum absolute atomic E-state index is 15.1. The summed E-state index contributed by atoms with van der Waals surface area (Å²) in [7, 11) is 0. The third-order valence-corrected chi connectivity index (χ3v) is 7.66. The van der Waals surface area contributed by atoms with Crippen molar-refractivity contribution in [2.45, 2.75) is 109 Å². The fraction of sp³-hybridized carbons (Fsp3) is 0.633. The number of halogens is 4. The van der Waals surface area contributed by atoms with Crippen molar-refractivity contribution in [3.05, 3.63) is 46.9 Å². The lowest BCUT2D eigenvalue weighted by molar-refractivity contribution is 0.289. The van der Waals surface area contributed by atoms with E-state index in [0.29, 0.717) is 24.3 Å². The van der Waals surface area contributed by atoms with Gasteiger partial charge in [-0.15, -0.1) is 11.6 Å². The largest absolute Gasteiger partial charge is 0.487 e. The molecule has 1 aliphatic rings. The van der Waals surface area contributed by atoms with E-state index >= 15 is 8.78 Å². The second-order valence-electron chi connectivity index (χ2n) is 10.2. The van der Waals surface area contributed by atoms with E-state index in [4.69, 9.17) is 16.3 Å².